The molecule has 2 heterocycles. The minimum absolute atomic E-state index is 0.0572. The molecule has 0 radical (unpaired) electrons. The van der Waals surface area contributed by atoms with E-state index in [2.05, 4.69) is 4.98 Å². The molecule has 1 amide bonds. The number of nitriles is 1. The van der Waals surface area contributed by atoms with Gasteiger partial charge in [-0.2, -0.15) is 5.26 Å². The van der Waals surface area contributed by atoms with Crippen molar-refractivity contribution in [1.82, 2.24) is 9.88 Å². The summed E-state index contributed by atoms with van der Waals surface area (Å²) in [5, 5.41) is 11.8. The van der Waals surface area contributed by atoms with E-state index in [4.69, 9.17) is 0 Å². The molecule has 0 bridgehead atoms. The first-order valence-electron chi connectivity index (χ1n) is 8.17. The molecule has 1 atom stereocenters. The van der Waals surface area contributed by atoms with E-state index >= 15 is 0 Å². The predicted octanol–water partition coefficient (Wildman–Crippen LogP) is 4.44. The molecule has 124 valence electrons. The Balaban J connectivity index is 0.00000100. The zero-order valence-corrected chi connectivity index (χ0v) is 14.8. The number of nitrogens with zero attached hydrogens (tertiary/aromatic N) is 3. The van der Waals surface area contributed by atoms with Gasteiger partial charge in [0.2, 0.25) is 0 Å². The highest BCUT2D eigenvalue weighted by atomic mass is 32.1. The number of carbonyl (C=O) groups is 1. The lowest BCUT2D eigenvalue weighted by Crippen LogP contribution is -2.31. The molecule has 1 saturated heterocycles. The van der Waals surface area contributed by atoms with E-state index < -0.39 is 0 Å². The van der Waals surface area contributed by atoms with Crippen LogP contribution in [0.2, 0.25) is 0 Å². The number of carbonyl (C=O) groups excluding carboxylic acids is 1. The molecule has 24 heavy (non-hydrogen) atoms. The smallest absolute Gasteiger partial charge is 0.265 e. The maximum absolute atomic E-state index is 12.7. The summed E-state index contributed by atoms with van der Waals surface area (Å²) in [7, 11) is 0. The van der Waals surface area contributed by atoms with Crippen LogP contribution in [0.1, 0.15) is 43.3 Å². The molecule has 3 rings (SSSR count). The molecule has 0 aliphatic carbocycles. The monoisotopic (exact) mass is 339 g/mol. The van der Waals surface area contributed by atoms with Crippen molar-refractivity contribution in [3.8, 4) is 6.07 Å². The van der Waals surface area contributed by atoms with Crippen LogP contribution in [0, 0.1) is 11.3 Å². The SMILES string of the molecule is CC.N#C/C(=C\c1nccs1)C(=O)N1CCCC1c1ccccc1. The Bertz CT molecular complexity index is 717. The molecule has 5 heteroatoms. The average Bonchev–Trinajstić information content (AvgIpc) is 3.33. The number of benzene rings is 1. The van der Waals surface area contributed by atoms with Crippen LogP contribution < -0.4 is 0 Å². The fourth-order valence-corrected chi connectivity index (χ4v) is 3.33. The number of amides is 1. The number of aromatic nitrogens is 1. The van der Waals surface area contributed by atoms with Crippen molar-refractivity contribution in [3.63, 3.8) is 0 Å². The second kappa shape index (κ2) is 8.99. The molecule has 1 aromatic carbocycles. The molecular weight excluding hydrogens is 318 g/mol. The summed E-state index contributed by atoms with van der Waals surface area (Å²) in [4.78, 5) is 18.6. The topological polar surface area (TPSA) is 57.0 Å². The van der Waals surface area contributed by atoms with Crippen LogP contribution in [-0.2, 0) is 4.79 Å². The maximum Gasteiger partial charge on any atom is 0.265 e. The number of hydrogen-bond donors (Lipinski definition) is 0. The van der Waals surface area contributed by atoms with E-state index in [1.807, 2.05) is 55.6 Å². The summed E-state index contributed by atoms with van der Waals surface area (Å²) in [5.74, 6) is -0.205. The van der Waals surface area contributed by atoms with Crippen molar-refractivity contribution in [3.05, 3.63) is 58.1 Å². The van der Waals surface area contributed by atoms with Crippen molar-refractivity contribution >= 4 is 23.3 Å². The largest absolute Gasteiger partial charge is 0.331 e. The zero-order chi connectivity index (χ0) is 17.4. The van der Waals surface area contributed by atoms with Crippen LogP contribution in [0.25, 0.3) is 6.08 Å². The summed E-state index contributed by atoms with van der Waals surface area (Å²) in [6, 6.07) is 12.1. The van der Waals surface area contributed by atoms with Gasteiger partial charge in [-0.3, -0.25) is 4.79 Å². The van der Waals surface area contributed by atoms with Crippen LogP contribution in [0.15, 0.2) is 47.5 Å². The van der Waals surface area contributed by atoms with Gasteiger partial charge < -0.3 is 4.90 Å². The van der Waals surface area contributed by atoms with Gasteiger partial charge in [0.05, 0.1) is 6.04 Å². The molecule has 1 unspecified atom stereocenters. The molecule has 1 aliphatic rings. The third-order valence-corrected chi connectivity index (χ3v) is 4.49. The molecule has 2 aromatic rings. The summed E-state index contributed by atoms with van der Waals surface area (Å²) in [6.07, 6.45) is 5.14. The van der Waals surface area contributed by atoms with Gasteiger partial charge in [0.15, 0.2) is 0 Å². The number of hydrogen-bond acceptors (Lipinski definition) is 4. The minimum Gasteiger partial charge on any atom is -0.331 e. The molecular formula is C19H21N3OS. The highest BCUT2D eigenvalue weighted by molar-refractivity contribution is 7.10. The summed E-state index contributed by atoms with van der Waals surface area (Å²) in [6.45, 7) is 4.69. The van der Waals surface area contributed by atoms with Crippen LogP contribution in [0.4, 0.5) is 0 Å². The lowest BCUT2D eigenvalue weighted by atomic mass is 10.0. The van der Waals surface area contributed by atoms with Gasteiger partial charge in [-0.05, 0) is 24.5 Å². The van der Waals surface area contributed by atoms with Crippen molar-refractivity contribution in [2.24, 2.45) is 0 Å². The van der Waals surface area contributed by atoms with Gasteiger partial charge in [0, 0.05) is 18.1 Å². The van der Waals surface area contributed by atoms with E-state index in [9.17, 15) is 10.1 Å². The average molecular weight is 339 g/mol. The minimum atomic E-state index is -0.205. The Hall–Kier alpha value is -2.45. The van der Waals surface area contributed by atoms with Crippen LogP contribution in [0.5, 0.6) is 0 Å². The molecule has 1 fully saturated rings. The summed E-state index contributed by atoms with van der Waals surface area (Å²) in [5.41, 5.74) is 1.28. The van der Waals surface area contributed by atoms with Crippen LogP contribution in [0.3, 0.4) is 0 Å². The molecule has 0 N–H and O–H groups in total. The Morgan fingerprint density at radius 1 is 1.38 bits per heavy atom. The third kappa shape index (κ3) is 4.09. The molecule has 1 aromatic heterocycles. The quantitative estimate of drug-likeness (QED) is 0.613. The highest BCUT2D eigenvalue weighted by Gasteiger charge is 2.31. The van der Waals surface area contributed by atoms with E-state index in [0.717, 1.165) is 18.4 Å². The van der Waals surface area contributed by atoms with Crippen molar-refractivity contribution in [1.29, 1.82) is 5.26 Å². The first-order valence-corrected chi connectivity index (χ1v) is 9.05. The Kier molecular flexibility index (Phi) is 6.71. The standard InChI is InChI=1S/C17H15N3OS.C2H6/c18-12-14(11-16-19-8-10-22-16)17(21)20-9-4-7-15(20)13-5-2-1-3-6-13;1-2/h1-3,5-6,8,10-11,15H,4,7,9H2;1-2H3/b14-11+;. The Morgan fingerprint density at radius 2 is 2.12 bits per heavy atom. The first-order chi connectivity index (χ1) is 11.8. The van der Waals surface area contributed by atoms with Gasteiger partial charge >= 0.3 is 0 Å². The fraction of sp³-hybridized carbons (Fsp3) is 0.316. The van der Waals surface area contributed by atoms with Crippen molar-refractivity contribution in [2.45, 2.75) is 32.7 Å². The van der Waals surface area contributed by atoms with E-state index in [0.29, 0.717) is 11.6 Å². The summed E-state index contributed by atoms with van der Waals surface area (Å²) >= 11 is 1.41. The second-order valence-electron chi connectivity index (χ2n) is 5.11. The van der Waals surface area contributed by atoms with Gasteiger partial charge in [-0.1, -0.05) is 44.2 Å². The highest BCUT2D eigenvalue weighted by Crippen LogP contribution is 2.33. The lowest BCUT2D eigenvalue weighted by molar-refractivity contribution is -0.127. The summed E-state index contributed by atoms with van der Waals surface area (Å²) < 4.78 is 0. The normalized spacial score (nSPS) is 17.0. The van der Waals surface area contributed by atoms with E-state index in [1.165, 1.54) is 11.3 Å². The third-order valence-electron chi connectivity index (χ3n) is 3.77. The second-order valence-corrected chi connectivity index (χ2v) is 6.03. The molecule has 1 aliphatic heterocycles. The number of rotatable bonds is 3. The number of thiazole rings is 1. The fourth-order valence-electron chi connectivity index (χ4n) is 2.76. The Morgan fingerprint density at radius 3 is 2.75 bits per heavy atom. The lowest BCUT2D eigenvalue weighted by Gasteiger charge is -2.24. The molecule has 0 spiro atoms. The van der Waals surface area contributed by atoms with Gasteiger partial charge in [0.25, 0.3) is 5.91 Å². The van der Waals surface area contributed by atoms with Crippen LogP contribution >= 0.6 is 11.3 Å². The number of likely N-dealkylation sites (tertiary alicyclic amines) is 1. The molecule has 4 nitrogen and oxygen atoms in total. The van der Waals surface area contributed by atoms with Gasteiger partial charge in [0.1, 0.15) is 16.6 Å². The van der Waals surface area contributed by atoms with E-state index in [-0.39, 0.29) is 17.5 Å². The molecule has 0 saturated carbocycles. The van der Waals surface area contributed by atoms with Gasteiger partial charge in [-0.25, -0.2) is 4.98 Å². The zero-order valence-electron chi connectivity index (χ0n) is 14.0. The Labute approximate surface area is 147 Å². The van der Waals surface area contributed by atoms with Crippen LogP contribution in [-0.4, -0.2) is 22.3 Å². The maximum atomic E-state index is 12.7. The van der Waals surface area contributed by atoms with E-state index in [1.54, 1.807) is 17.2 Å². The predicted molar refractivity (Wildman–Crippen MR) is 97.2 cm³/mol. The van der Waals surface area contributed by atoms with Crippen molar-refractivity contribution < 1.29 is 4.79 Å². The first kappa shape index (κ1) is 17.9. The van der Waals surface area contributed by atoms with Gasteiger partial charge in [-0.15, -0.1) is 11.3 Å². The van der Waals surface area contributed by atoms with Crippen molar-refractivity contribution in [2.75, 3.05) is 6.54 Å².